The van der Waals surface area contributed by atoms with Crippen molar-refractivity contribution in [3.05, 3.63) is 49.6 Å². The molecule has 10 nitrogen and oxygen atoms in total. The van der Waals surface area contributed by atoms with E-state index in [2.05, 4.69) is 26.3 Å². The largest absolute Gasteiger partial charge is 0.478 e. The molecule has 0 aromatic carbocycles. The quantitative estimate of drug-likeness (QED) is 0.303. The van der Waals surface area contributed by atoms with Gasteiger partial charge in [-0.15, -0.1) is 0 Å². The van der Waals surface area contributed by atoms with Crippen LogP contribution in [0.25, 0.3) is 0 Å². The lowest BCUT2D eigenvalue weighted by atomic mass is 10.4. The smallest absolute Gasteiger partial charge is 0.330 e. The fraction of sp³-hybridized carbons (Fsp3) is 0.478. The maximum absolute atomic E-state index is 11.0. The number of esters is 2. The summed E-state index contributed by atoms with van der Waals surface area (Å²) in [6, 6.07) is 0. The van der Waals surface area contributed by atoms with Gasteiger partial charge in [-0.2, -0.15) is 0 Å². The summed E-state index contributed by atoms with van der Waals surface area (Å²) < 4.78 is 20.8. The predicted molar refractivity (Wildman–Crippen MR) is 123 cm³/mol. The number of carbonyl (C=O) groups is 4. The Hall–Kier alpha value is -3.24. The van der Waals surface area contributed by atoms with Crippen LogP contribution in [-0.2, 0) is 38.1 Å². The summed E-state index contributed by atoms with van der Waals surface area (Å²) in [5, 5.41) is 15.8. The van der Waals surface area contributed by atoms with E-state index >= 15 is 0 Å². The van der Waals surface area contributed by atoms with Gasteiger partial charge in [0.2, 0.25) is 0 Å². The van der Waals surface area contributed by atoms with Gasteiger partial charge in [0.15, 0.2) is 0 Å². The zero-order valence-corrected chi connectivity index (χ0v) is 20.0. The minimum absolute atomic E-state index is 0.158. The zero-order valence-electron chi connectivity index (χ0n) is 20.0. The number of carboxylic acid groups (broad SMARTS) is 2. The van der Waals surface area contributed by atoms with E-state index in [4.69, 9.17) is 29.2 Å². The third kappa shape index (κ3) is 26.7. The van der Waals surface area contributed by atoms with Crippen LogP contribution in [0.2, 0.25) is 0 Å². The standard InChI is InChI=1S/C15H24O6.2C4H6O2/c1-6-14(16)20-9-12(4)18-8-11(3)19-10-13(5)21-15(17)7-2;2*1-3(2)4(5)6/h6-7,11-13H,1-2,8-10H2,3-5H3;2*1H2,2H3,(H,5,6). The van der Waals surface area contributed by atoms with Gasteiger partial charge < -0.3 is 29.2 Å². The van der Waals surface area contributed by atoms with Crippen molar-refractivity contribution in [3.8, 4) is 0 Å². The number of rotatable bonds is 13. The van der Waals surface area contributed by atoms with Crippen molar-refractivity contribution in [2.24, 2.45) is 0 Å². The van der Waals surface area contributed by atoms with Gasteiger partial charge in [-0.25, -0.2) is 19.2 Å². The van der Waals surface area contributed by atoms with Crippen molar-refractivity contribution in [1.82, 2.24) is 0 Å². The molecule has 0 rings (SSSR count). The van der Waals surface area contributed by atoms with E-state index in [1.807, 2.05) is 6.92 Å². The minimum atomic E-state index is -0.935. The van der Waals surface area contributed by atoms with Gasteiger partial charge in [0, 0.05) is 23.3 Å². The van der Waals surface area contributed by atoms with Gasteiger partial charge in [0.25, 0.3) is 0 Å². The third-order valence-corrected chi connectivity index (χ3v) is 3.07. The van der Waals surface area contributed by atoms with Crippen molar-refractivity contribution < 1.29 is 48.3 Å². The number of carboxylic acids is 2. The first-order valence-corrected chi connectivity index (χ1v) is 9.80. The fourth-order valence-electron chi connectivity index (χ4n) is 1.23. The predicted octanol–water partition coefficient (Wildman–Crippen LogP) is 2.94. The first-order valence-electron chi connectivity index (χ1n) is 9.80. The average molecular weight is 473 g/mol. The first kappa shape index (κ1) is 34.4. The maximum Gasteiger partial charge on any atom is 0.330 e. The molecule has 33 heavy (non-hydrogen) atoms. The molecule has 0 bridgehead atoms. The Morgan fingerprint density at radius 2 is 1.06 bits per heavy atom. The molecule has 0 saturated carbocycles. The molecular weight excluding hydrogens is 436 g/mol. The van der Waals surface area contributed by atoms with Gasteiger partial charge >= 0.3 is 23.9 Å². The van der Waals surface area contributed by atoms with E-state index in [-0.39, 0.29) is 42.7 Å². The molecule has 2 N–H and O–H groups in total. The van der Waals surface area contributed by atoms with Crippen LogP contribution in [-0.4, -0.2) is 72.2 Å². The van der Waals surface area contributed by atoms with Crippen molar-refractivity contribution in [3.63, 3.8) is 0 Å². The Morgan fingerprint density at radius 3 is 1.39 bits per heavy atom. The van der Waals surface area contributed by atoms with Gasteiger partial charge in [-0.1, -0.05) is 26.3 Å². The average Bonchev–Trinajstić information content (AvgIpc) is 2.74. The molecule has 188 valence electrons. The Labute approximate surface area is 195 Å². The third-order valence-electron chi connectivity index (χ3n) is 3.07. The summed E-state index contributed by atoms with van der Waals surface area (Å²) in [5.41, 5.74) is 0.352. The van der Waals surface area contributed by atoms with Gasteiger partial charge in [-0.3, -0.25) is 0 Å². The van der Waals surface area contributed by atoms with Crippen molar-refractivity contribution in [2.45, 2.75) is 52.9 Å². The molecule has 0 heterocycles. The van der Waals surface area contributed by atoms with Crippen LogP contribution in [0.1, 0.15) is 34.6 Å². The molecule has 0 spiro atoms. The lowest BCUT2D eigenvalue weighted by Crippen LogP contribution is -2.27. The Balaban J connectivity index is -0.000000611. The van der Waals surface area contributed by atoms with E-state index in [0.29, 0.717) is 6.61 Å². The zero-order chi connectivity index (χ0) is 26.6. The van der Waals surface area contributed by atoms with Crippen molar-refractivity contribution in [1.29, 1.82) is 0 Å². The van der Waals surface area contributed by atoms with E-state index in [0.717, 1.165) is 12.2 Å². The summed E-state index contributed by atoms with van der Waals surface area (Å²) in [6.45, 7) is 21.9. The lowest BCUT2D eigenvalue weighted by molar-refractivity contribution is -0.148. The van der Waals surface area contributed by atoms with Crippen LogP contribution in [0.5, 0.6) is 0 Å². The second-order valence-electron chi connectivity index (χ2n) is 6.74. The molecule has 0 amide bonds. The second-order valence-corrected chi connectivity index (χ2v) is 6.74. The Kier molecular flexibility index (Phi) is 21.5. The minimum Gasteiger partial charge on any atom is -0.478 e. The molecule has 0 radical (unpaired) electrons. The Morgan fingerprint density at radius 1 is 0.727 bits per heavy atom. The highest BCUT2D eigenvalue weighted by Crippen LogP contribution is 2.01. The summed E-state index contributed by atoms with van der Waals surface area (Å²) in [7, 11) is 0. The van der Waals surface area contributed by atoms with Crippen LogP contribution in [0.4, 0.5) is 0 Å². The topological polar surface area (TPSA) is 146 Å². The van der Waals surface area contributed by atoms with Crippen LogP contribution in [0.15, 0.2) is 49.6 Å². The normalized spacial score (nSPS) is 12.0. The molecule has 0 fully saturated rings. The summed E-state index contributed by atoms with van der Waals surface area (Å²) in [5.74, 6) is -2.83. The molecule has 0 aliphatic rings. The summed E-state index contributed by atoms with van der Waals surface area (Å²) >= 11 is 0. The summed E-state index contributed by atoms with van der Waals surface area (Å²) in [4.78, 5) is 41.0. The highest BCUT2D eigenvalue weighted by atomic mass is 16.6. The maximum atomic E-state index is 11.0. The molecule has 0 aromatic rings. The monoisotopic (exact) mass is 472 g/mol. The number of aliphatic carboxylic acids is 2. The van der Waals surface area contributed by atoms with Crippen LogP contribution in [0, 0.1) is 0 Å². The summed E-state index contributed by atoms with van der Waals surface area (Å²) in [6.07, 6.45) is 1.44. The highest BCUT2D eigenvalue weighted by Gasteiger charge is 2.12. The number of carbonyl (C=O) groups excluding carboxylic acids is 2. The molecule has 0 saturated heterocycles. The van der Waals surface area contributed by atoms with Crippen LogP contribution < -0.4 is 0 Å². The molecule has 0 aliphatic carbocycles. The van der Waals surface area contributed by atoms with Crippen LogP contribution >= 0.6 is 0 Å². The van der Waals surface area contributed by atoms with E-state index in [1.165, 1.54) is 13.8 Å². The highest BCUT2D eigenvalue weighted by molar-refractivity contribution is 5.85. The molecule has 0 aromatic heterocycles. The van der Waals surface area contributed by atoms with E-state index in [9.17, 15) is 19.2 Å². The van der Waals surface area contributed by atoms with Crippen molar-refractivity contribution >= 4 is 23.9 Å². The lowest BCUT2D eigenvalue weighted by Gasteiger charge is -2.19. The molecule has 10 heteroatoms. The Bertz CT molecular complexity index is 633. The molecule has 3 atom stereocenters. The number of ether oxygens (including phenoxy) is 4. The van der Waals surface area contributed by atoms with Crippen LogP contribution in [0.3, 0.4) is 0 Å². The number of hydrogen-bond acceptors (Lipinski definition) is 8. The first-order chi connectivity index (χ1) is 15.2. The van der Waals surface area contributed by atoms with Gasteiger partial charge in [0.05, 0.1) is 25.4 Å². The molecule has 3 unspecified atom stereocenters. The second kappa shape index (κ2) is 20.7. The fourth-order valence-corrected chi connectivity index (χ4v) is 1.23. The van der Waals surface area contributed by atoms with Gasteiger partial charge in [0.1, 0.15) is 12.7 Å². The van der Waals surface area contributed by atoms with E-state index < -0.39 is 23.9 Å². The SMILES string of the molecule is C=C(C)C(=O)O.C=C(C)C(=O)O.C=CC(=O)OCC(C)OCC(C)OCC(C)OC(=O)C=C. The number of hydrogen-bond donors (Lipinski definition) is 2. The van der Waals surface area contributed by atoms with Gasteiger partial charge in [-0.05, 0) is 34.6 Å². The van der Waals surface area contributed by atoms with Crippen molar-refractivity contribution in [2.75, 3.05) is 19.8 Å². The molecular formula is C23H36O10. The molecule has 0 aliphatic heterocycles. The van der Waals surface area contributed by atoms with E-state index in [1.54, 1.807) is 13.8 Å².